The van der Waals surface area contributed by atoms with Gasteiger partial charge in [-0.05, 0) is 6.07 Å². The normalized spacial score (nSPS) is 11.7. The third-order valence-corrected chi connectivity index (χ3v) is 2.34. The Morgan fingerprint density at radius 3 is 2.79 bits per heavy atom. The average Bonchev–Trinajstić information content (AvgIpc) is 2.20. The summed E-state index contributed by atoms with van der Waals surface area (Å²) in [5.41, 5.74) is 2.16. The van der Waals surface area contributed by atoms with Gasteiger partial charge in [0.2, 0.25) is 0 Å². The van der Waals surface area contributed by atoms with E-state index in [0.29, 0.717) is 18.1 Å². The van der Waals surface area contributed by atoms with Crippen LogP contribution in [0.1, 0.15) is 5.56 Å². The molecule has 0 aliphatic heterocycles. The Labute approximate surface area is 93.2 Å². The van der Waals surface area contributed by atoms with Crippen molar-refractivity contribution >= 4 is 23.2 Å². The van der Waals surface area contributed by atoms with Crippen molar-refractivity contribution in [3.05, 3.63) is 40.4 Å². The second-order valence-corrected chi connectivity index (χ2v) is 3.49. The molecule has 0 aliphatic carbocycles. The topological polar surface area (TPSA) is 32.3 Å². The summed E-state index contributed by atoms with van der Waals surface area (Å²) >= 11 is 11.1. The molecule has 14 heavy (non-hydrogen) atoms. The molecule has 2 nitrogen and oxygen atoms in total. The van der Waals surface area contributed by atoms with E-state index in [0.717, 1.165) is 5.56 Å². The van der Waals surface area contributed by atoms with Gasteiger partial charge in [-0.3, -0.25) is 0 Å². The summed E-state index contributed by atoms with van der Waals surface area (Å²) in [5, 5.41) is 13.0. The number of hydrogen-bond donors (Lipinski definition) is 2. The number of nitrogens with one attached hydrogen (secondary N) is 1. The molecule has 0 amide bonds. The molecule has 1 rings (SSSR count). The Hall–Kier alpha value is -0.700. The first-order chi connectivity index (χ1) is 6.74. The highest BCUT2D eigenvalue weighted by molar-refractivity contribution is 6.36. The molecule has 0 fully saturated rings. The maximum absolute atomic E-state index is 9.42. The number of para-hydroxylation sites is 1. The molecule has 0 heterocycles. The average molecular weight is 232 g/mol. The Morgan fingerprint density at radius 2 is 2.14 bits per heavy atom. The number of phenols is 1. The molecular weight excluding hydrogens is 221 g/mol. The van der Waals surface area contributed by atoms with Crippen molar-refractivity contribution in [1.82, 2.24) is 5.32 Å². The van der Waals surface area contributed by atoms with Crippen molar-refractivity contribution in [3.63, 3.8) is 0 Å². The van der Waals surface area contributed by atoms with Crippen LogP contribution in [0.3, 0.4) is 0 Å². The van der Waals surface area contributed by atoms with Gasteiger partial charge in [-0.1, -0.05) is 41.4 Å². The zero-order valence-electron chi connectivity index (χ0n) is 7.50. The number of halogens is 2. The third kappa shape index (κ3) is 3.58. The van der Waals surface area contributed by atoms with Crippen LogP contribution >= 0.6 is 23.2 Å². The van der Waals surface area contributed by atoms with Crippen molar-refractivity contribution in [2.75, 3.05) is 6.54 Å². The molecule has 0 radical (unpaired) electrons. The monoisotopic (exact) mass is 231 g/mol. The predicted octanol–water partition coefficient (Wildman–Crippen LogP) is 2.80. The van der Waals surface area contributed by atoms with Crippen molar-refractivity contribution in [3.8, 4) is 5.75 Å². The molecule has 0 aliphatic rings. The Morgan fingerprint density at radius 1 is 1.43 bits per heavy atom. The molecule has 0 saturated carbocycles. The molecule has 4 heteroatoms. The third-order valence-electron chi connectivity index (χ3n) is 1.72. The summed E-state index contributed by atoms with van der Waals surface area (Å²) in [6.45, 7) is 1.06. The van der Waals surface area contributed by atoms with E-state index >= 15 is 0 Å². The first kappa shape index (κ1) is 11.4. The fraction of sp³-hybridized carbons (Fsp3) is 0.200. The van der Waals surface area contributed by atoms with Crippen molar-refractivity contribution in [1.29, 1.82) is 0 Å². The summed E-state index contributed by atoms with van der Waals surface area (Å²) in [5.74, 6) is 0.283. The van der Waals surface area contributed by atoms with Gasteiger partial charge in [0.15, 0.2) is 0 Å². The summed E-state index contributed by atoms with van der Waals surface area (Å²) in [6, 6.07) is 7.15. The standard InChI is InChI=1S/C10H11Cl2NO/c11-5-9(12)7-13-6-8-3-1-2-4-10(8)14/h1-5,13-14H,6-7H2/b9-5-. The first-order valence-electron chi connectivity index (χ1n) is 4.16. The van der Waals surface area contributed by atoms with Crippen molar-refractivity contribution in [2.24, 2.45) is 0 Å². The molecule has 76 valence electrons. The largest absolute Gasteiger partial charge is 0.508 e. The Balaban J connectivity index is 2.43. The van der Waals surface area contributed by atoms with Gasteiger partial charge in [-0.15, -0.1) is 0 Å². The van der Waals surface area contributed by atoms with Crippen LogP contribution in [0.25, 0.3) is 0 Å². The van der Waals surface area contributed by atoms with Crippen LogP contribution in [0.15, 0.2) is 34.8 Å². The zero-order valence-corrected chi connectivity index (χ0v) is 9.02. The van der Waals surface area contributed by atoms with Gasteiger partial charge in [0.05, 0.1) is 0 Å². The lowest BCUT2D eigenvalue weighted by atomic mass is 10.2. The fourth-order valence-corrected chi connectivity index (χ4v) is 1.19. The number of aromatic hydroxyl groups is 1. The lowest BCUT2D eigenvalue weighted by Crippen LogP contribution is -2.14. The second kappa shape index (κ2) is 5.91. The molecule has 0 atom stereocenters. The second-order valence-electron chi connectivity index (χ2n) is 2.79. The van der Waals surface area contributed by atoms with Crippen LogP contribution < -0.4 is 5.32 Å². The van der Waals surface area contributed by atoms with Crippen LogP contribution in [-0.2, 0) is 6.54 Å². The number of hydrogen-bond acceptors (Lipinski definition) is 2. The highest BCUT2D eigenvalue weighted by Gasteiger charge is 1.98. The van der Waals surface area contributed by atoms with Crippen molar-refractivity contribution < 1.29 is 5.11 Å². The van der Waals surface area contributed by atoms with E-state index in [4.69, 9.17) is 23.2 Å². The van der Waals surface area contributed by atoms with E-state index in [9.17, 15) is 5.11 Å². The quantitative estimate of drug-likeness (QED) is 0.836. The van der Waals surface area contributed by atoms with Crippen molar-refractivity contribution in [2.45, 2.75) is 6.54 Å². The maximum atomic E-state index is 9.42. The van der Waals surface area contributed by atoms with E-state index in [1.807, 2.05) is 12.1 Å². The minimum Gasteiger partial charge on any atom is -0.508 e. The molecular formula is C10H11Cl2NO. The summed E-state index contributed by atoms with van der Waals surface area (Å²) in [4.78, 5) is 0. The summed E-state index contributed by atoms with van der Waals surface area (Å²) in [6.07, 6.45) is 0. The van der Waals surface area contributed by atoms with E-state index in [2.05, 4.69) is 5.32 Å². The summed E-state index contributed by atoms with van der Waals surface area (Å²) < 4.78 is 0. The van der Waals surface area contributed by atoms with Gasteiger partial charge in [-0.25, -0.2) is 0 Å². The Kier molecular flexibility index (Phi) is 4.80. The highest BCUT2D eigenvalue weighted by Crippen LogP contribution is 2.14. The fourth-order valence-electron chi connectivity index (χ4n) is 1.02. The maximum Gasteiger partial charge on any atom is 0.120 e. The molecule has 2 N–H and O–H groups in total. The number of phenolic OH excluding ortho intramolecular Hbond substituents is 1. The SMILES string of the molecule is Oc1ccccc1CNC/C(Cl)=C/Cl. The van der Waals surface area contributed by atoms with Gasteiger partial charge in [0, 0.05) is 29.2 Å². The molecule has 0 spiro atoms. The summed E-state index contributed by atoms with van der Waals surface area (Å²) in [7, 11) is 0. The minimum atomic E-state index is 0.283. The molecule has 0 saturated heterocycles. The predicted molar refractivity (Wildman–Crippen MR) is 59.6 cm³/mol. The smallest absolute Gasteiger partial charge is 0.120 e. The van der Waals surface area contributed by atoms with Crippen LogP contribution in [-0.4, -0.2) is 11.7 Å². The molecule has 1 aromatic rings. The van der Waals surface area contributed by atoms with E-state index < -0.39 is 0 Å². The molecule has 0 bridgehead atoms. The van der Waals surface area contributed by atoms with Gasteiger partial charge in [-0.2, -0.15) is 0 Å². The first-order valence-corrected chi connectivity index (χ1v) is 4.98. The van der Waals surface area contributed by atoms with Gasteiger partial charge in [0.1, 0.15) is 5.75 Å². The van der Waals surface area contributed by atoms with Gasteiger partial charge < -0.3 is 10.4 Å². The van der Waals surface area contributed by atoms with Gasteiger partial charge in [0.25, 0.3) is 0 Å². The van der Waals surface area contributed by atoms with E-state index in [-0.39, 0.29) is 5.75 Å². The van der Waals surface area contributed by atoms with Crippen LogP contribution in [0, 0.1) is 0 Å². The van der Waals surface area contributed by atoms with E-state index in [1.54, 1.807) is 12.1 Å². The molecule has 0 unspecified atom stereocenters. The lowest BCUT2D eigenvalue weighted by Gasteiger charge is -2.05. The lowest BCUT2D eigenvalue weighted by molar-refractivity contribution is 0.465. The van der Waals surface area contributed by atoms with Crippen LogP contribution in [0.5, 0.6) is 5.75 Å². The van der Waals surface area contributed by atoms with Crippen LogP contribution in [0.2, 0.25) is 0 Å². The zero-order chi connectivity index (χ0) is 10.4. The Bertz CT molecular complexity index is 326. The molecule has 1 aromatic carbocycles. The van der Waals surface area contributed by atoms with Gasteiger partial charge >= 0.3 is 0 Å². The van der Waals surface area contributed by atoms with Crippen LogP contribution in [0.4, 0.5) is 0 Å². The van der Waals surface area contributed by atoms with E-state index in [1.165, 1.54) is 5.54 Å². The number of rotatable bonds is 4. The molecule has 0 aromatic heterocycles. The minimum absolute atomic E-state index is 0.283. The highest BCUT2D eigenvalue weighted by atomic mass is 35.5. The number of benzene rings is 1.